The van der Waals surface area contributed by atoms with Gasteiger partial charge < -0.3 is 0 Å². The molecule has 0 fully saturated rings. The van der Waals surface area contributed by atoms with Crippen LogP contribution < -0.4 is 5.56 Å². The van der Waals surface area contributed by atoms with Crippen molar-refractivity contribution >= 4 is 27.9 Å². The van der Waals surface area contributed by atoms with E-state index in [9.17, 15) is 9.59 Å². The van der Waals surface area contributed by atoms with Crippen LogP contribution in [0, 0.1) is 0 Å². The average molecular weight is 253 g/mol. The van der Waals surface area contributed by atoms with Gasteiger partial charge in [0.15, 0.2) is 6.29 Å². The minimum absolute atomic E-state index is 0.150. The first-order valence-corrected chi connectivity index (χ1v) is 4.64. The summed E-state index contributed by atoms with van der Waals surface area (Å²) in [5.41, 5.74) is 0.346. The lowest BCUT2D eigenvalue weighted by Gasteiger charge is -2.00. The summed E-state index contributed by atoms with van der Waals surface area (Å²) in [6.45, 7) is 0. The van der Waals surface area contributed by atoms with Gasteiger partial charge in [0.25, 0.3) is 5.56 Å². The van der Waals surface area contributed by atoms with Crippen LogP contribution in [0.3, 0.4) is 0 Å². The van der Waals surface area contributed by atoms with Crippen molar-refractivity contribution in [1.82, 2.24) is 9.38 Å². The Kier molecular flexibility index (Phi) is 2.17. The molecule has 0 saturated carbocycles. The number of aldehydes is 1. The molecule has 2 heterocycles. The summed E-state index contributed by atoms with van der Waals surface area (Å²) in [5, 5.41) is 0. The predicted molar refractivity (Wildman–Crippen MR) is 54.5 cm³/mol. The zero-order valence-corrected chi connectivity index (χ0v) is 8.56. The molecule has 2 rings (SSSR count). The molecular weight excluding hydrogens is 248 g/mol. The summed E-state index contributed by atoms with van der Waals surface area (Å²) in [4.78, 5) is 25.9. The lowest BCUT2D eigenvalue weighted by molar-refractivity contribution is 0.111. The second-order valence-electron chi connectivity index (χ2n) is 2.71. The molecule has 0 saturated heterocycles. The van der Waals surface area contributed by atoms with E-state index in [0.29, 0.717) is 11.9 Å². The number of rotatable bonds is 1. The lowest BCUT2D eigenvalue weighted by atomic mass is 10.4. The number of nitrogens with zero attached hydrogens (tertiary/aromatic N) is 2. The number of pyridine rings is 1. The van der Waals surface area contributed by atoms with Gasteiger partial charge in [0.1, 0.15) is 11.3 Å². The van der Waals surface area contributed by atoms with Crippen molar-refractivity contribution in [3.63, 3.8) is 0 Å². The van der Waals surface area contributed by atoms with Crippen LogP contribution in [-0.2, 0) is 0 Å². The number of hydrogen-bond donors (Lipinski definition) is 0. The largest absolute Gasteiger partial charge is 0.296 e. The zero-order valence-electron chi connectivity index (χ0n) is 6.98. The molecule has 0 atom stereocenters. The topological polar surface area (TPSA) is 51.4 Å². The Labute approximate surface area is 87.3 Å². The van der Waals surface area contributed by atoms with Gasteiger partial charge in [-0.05, 0) is 28.1 Å². The third-order valence-electron chi connectivity index (χ3n) is 1.76. The number of carbonyl (C=O) groups excluding carboxylic acids is 1. The van der Waals surface area contributed by atoms with Gasteiger partial charge in [-0.3, -0.25) is 14.0 Å². The zero-order chi connectivity index (χ0) is 10.1. The van der Waals surface area contributed by atoms with Gasteiger partial charge in [-0.25, -0.2) is 4.98 Å². The summed E-state index contributed by atoms with van der Waals surface area (Å²) < 4.78 is 2.16. The Morgan fingerprint density at radius 3 is 2.93 bits per heavy atom. The van der Waals surface area contributed by atoms with Crippen LogP contribution in [0.2, 0.25) is 0 Å². The van der Waals surface area contributed by atoms with Crippen molar-refractivity contribution in [2.45, 2.75) is 0 Å². The Bertz CT molecular complexity index is 562. The smallest absolute Gasteiger partial charge is 0.258 e. The molecule has 2 aromatic rings. The van der Waals surface area contributed by atoms with Crippen molar-refractivity contribution in [1.29, 1.82) is 0 Å². The van der Waals surface area contributed by atoms with E-state index in [1.807, 2.05) is 0 Å². The molecule has 4 nitrogen and oxygen atoms in total. The van der Waals surface area contributed by atoms with E-state index in [1.54, 1.807) is 18.3 Å². The van der Waals surface area contributed by atoms with Crippen molar-refractivity contribution in [2.24, 2.45) is 0 Å². The van der Waals surface area contributed by atoms with E-state index in [0.717, 1.165) is 4.47 Å². The average Bonchev–Trinajstić information content (AvgIpc) is 2.19. The summed E-state index contributed by atoms with van der Waals surface area (Å²) in [5.74, 6) is 0. The summed E-state index contributed by atoms with van der Waals surface area (Å²) >= 11 is 3.25. The highest BCUT2D eigenvalue weighted by molar-refractivity contribution is 9.10. The molecule has 0 aliphatic carbocycles. The number of carbonyl (C=O) groups is 1. The van der Waals surface area contributed by atoms with Gasteiger partial charge in [-0.1, -0.05) is 0 Å². The fourth-order valence-corrected chi connectivity index (χ4v) is 1.49. The molecule has 0 aromatic carbocycles. The molecule has 5 heteroatoms. The molecule has 2 aromatic heterocycles. The number of fused-ring (bicyclic) bond motifs is 1. The normalized spacial score (nSPS) is 10.4. The van der Waals surface area contributed by atoms with Crippen LogP contribution in [0.5, 0.6) is 0 Å². The molecule has 0 aliphatic heterocycles. The fraction of sp³-hybridized carbons (Fsp3) is 0. The van der Waals surface area contributed by atoms with Gasteiger partial charge in [-0.2, -0.15) is 0 Å². The van der Waals surface area contributed by atoms with Crippen LogP contribution in [0.4, 0.5) is 0 Å². The Hall–Kier alpha value is -1.49. The summed E-state index contributed by atoms with van der Waals surface area (Å²) in [6, 6.07) is 4.63. The van der Waals surface area contributed by atoms with Gasteiger partial charge in [0.05, 0.1) is 0 Å². The first-order chi connectivity index (χ1) is 6.70. The number of aromatic nitrogens is 2. The first kappa shape index (κ1) is 9.08. The molecule has 0 unspecified atom stereocenters. The van der Waals surface area contributed by atoms with Gasteiger partial charge in [-0.15, -0.1) is 0 Å². The van der Waals surface area contributed by atoms with Gasteiger partial charge in [0.2, 0.25) is 0 Å². The maximum atomic E-state index is 11.5. The van der Waals surface area contributed by atoms with E-state index in [1.165, 1.54) is 10.5 Å². The van der Waals surface area contributed by atoms with Gasteiger partial charge in [0, 0.05) is 16.7 Å². The third-order valence-corrected chi connectivity index (χ3v) is 2.23. The van der Waals surface area contributed by atoms with Crippen LogP contribution >= 0.6 is 15.9 Å². The quantitative estimate of drug-likeness (QED) is 0.719. The lowest BCUT2D eigenvalue weighted by Crippen LogP contribution is -2.15. The SMILES string of the molecule is O=Cc1cc(=O)n2cc(Br)ccc2n1. The minimum atomic E-state index is -0.265. The summed E-state index contributed by atoms with van der Waals surface area (Å²) in [7, 11) is 0. The van der Waals surface area contributed by atoms with E-state index in [2.05, 4.69) is 20.9 Å². The number of halogens is 1. The highest BCUT2D eigenvalue weighted by atomic mass is 79.9. The van der Waals surface area contributed by atoms with Crippen molar-refractivity contribution in [2.75, 3.05) is 0 Å². The molecule has 0 radical (unpaired) electrons. The highest BCUT2D eigenvalue weighted by Gasteiger charge is 2.00. The standard InChI is InChI=1S/C9H5BrN2O2/c10-6-1-2-8-11-7(5-13)3-9(14)12(8)4-6/h1-5H. The van der Waals surface area contributed by atoms with Crippen LogP contribution in [0.25, 0.3) is 5.65 Å². The minimum Gasteiger partial charge on any atom is -0.296 e. The van der Waals surface area contributed by atoms with Crippen LogP contribution in [-0.4, -0.2) is 15.7 Å². The number of hydrogen-bond acceptors (Lipinski definition) is 3. The first-order valence-electron chi connectivity index (χ1n) is 3.85. The maximum absolute atomic E-state index is 11.5. The Balaban J connectivity index is 2.90. The second kappa shape index (κ2) is 3.34. The fourth-order valence-electron chi connectivity index (χ4n) is 1.16. The van der Waals surface area contributed by atoms with Crippen molar-refractivity contribution < 1.29 is 4.79 Å². The molecule has 0 aliphatic rings. The van der Waals surface area contributed by atoms with Crippen LogP contribution in [0.1, 0.15) is 10.5 Å². The van der Waals surface area contributed by atoms with Crippen molar-refractivity contribution in [3.05, 3.63) is 44.9 Å². The summed E-state index contributed by atoms with van der Waals surface area (Å²) in [6.07, 6.45) is 2.17. The molecule has 70 valence electrons. The Morgan fingerprint density at radius 1 is 1.43 bits per heavy atom. The monoisotopic (exact) mass is 252 g/mol. The maximum Gasteiger partial charge on any atom is 0.258 e. The molecule has 0 spiro atoms. The highest BCUT2D eigenvalue weighted by Crippen LogP contribution is 2.08. The molecular formula is C9H5BrN2O2. The van der Waals surface area contributed by atoms with Crippen LogP contribution in [0.15, 0.2) is 33.7 Å². The molecule has 0 amide bonds. The van der Waals surface area contributed by atoms with E-state index in [-0.39, 0.29) is 11.3 Å². The van der Waals surface area contributed by atoms with E-state index in [4.69, 9.17) is 0 Å². The molecule has 14 heavy (non-hydrogen) atoms. The molecule has 0 bridgehead atoms. The van der Waals surface area contributed by atoms with Crippen molar-refractivity contribution in [3.8, 4) is 0 Å². The van der Waals surface area contributed by atoms with E-state index >= 15 is 0 Å². The third kappa shape index (κ3) is 1.46. The Morgan fingerprint density at radius 2 is 2.21 bits per heavy atom. The second-order valence-corrected chi connectivity index (χ2v) is 3.63. The van der Waals surface area contributed by atoms with Gasteiger partial charge >= 0.3 is 0 Å². The predicted octanol–water partition coefficient (Wildman–Crippen LogP) is 1.27. The molecule has 0 N–H and O–H groups in total. The van der Waals surface area contributed by atoms with E-state index < -0.39 is 0 Å².